The first kappa shape index (κ1) is 18.3. The minimum absolute atomic E-state index is 0.0682. The maximum Gasteiger partial charge on any atom is 0.319 e. The number of likely N-dealkylation sites (tertiary alicyclic amines) is 2. The number of amides is 2. The minimum atomic E-state index is -0.0967. The Morgan fingerprint density at radius 3 is 2.28 bits per heavy atom. The summed E-state index contributed by atoms with van der Waals surface area (Å²) in [6.07, 6.45) is 7.63. The summed E-state index contributed by atoms with van der Waals surface area (Å²) in [5, 5.41) is 0. The summed E-state index contributed by atoms with van der Waals surface area (Å²) in [6, 6.07) is 0.150. The molecule has 2 amide bonds. The second kappa shape index (κ2) is 7.38. The molecular weight excluding hydrogens is 316 g/mol. The lowest BCUT2D eigenvalue weighted by Gasteiger charge is -2.36. The Balaban J connectivity index is 1.48. The van der Waals surface area contributed by atoms with Crippen LogP contribution >= 0.6 is 0 Å². The number of allylic oxidation sites excluding steroid dienone is 1. The standard InChI is InChI=1S/C20H32N2O3/c1-15-12-17(14-20(2,3)13-15)25-18(23)16-6-10-22(11-7-16)19(24)21-8-4-5-9-21/h12,16-17H,4-11,13-14H2,1-3H3/t17-/m1/s1. The van der Waals surface area contributed by atoms with E-state index < -0.39 is 0 Å². The molecule has 0 unspecified atom stereocenters. The monoisotopic (exact) mass is 348 g/mol. The average molecular weight is 348 g/mol. The largest absolute Gasteiger partial charge is 0.458 e. The number of piperidine rings is 1. The third-order valence-electron chi connectivity index (χ3n) is 5.72. The quantitative estimate of drug-likeness (QED) is 0.566. The van der Waals surface area contributed by atoms with Crippen LogP contribution < -0.4 is 0 Å². The van der Waals surface area contributed by atoms with Crippen molar-refractivity contribution in [1.82, 2.24) is 9.80 Å². The highest BCUT2D eigenvalue weighted by molar-refractivity contribution is 5.76. The molecule has 2 fully saturated rings. The van der Waals surface area contributed by atoms with E-state index >= 15 is 0 Å². The van der Waals surface area contributed by atoms with Crippen molar-refractivity contribution in [2.75, 3.05) is 26.2 Å². The Kier molecular flexibility index (Phi) is 5.40. The number of esters is 1. The van der Waals surface area contributed by atoms with Crippen LogP contribution in [0.3, 0.4) is 0 Å². The highest BCUT2D eigenvalue weighted by Gasteiger charge is 2.34. The van der Waals surface area contributed by atoms with Gasteiger partial charge in [-0.1, -0.05) is 19.4 Å². The summed E-state index contributed by atoms with van der Waals surface area (Å²) in [4.78, 5) is 28.8. The summed E-state index contributed by atoms with van der Waals surface area (Å²) in [5.74, 6) is -0.151. The van der Waals surface area contributed by atoms with Crippen molar-refractivity contribution in [3.8, 4) is 0 Å². The molecule has 0 N–H and O–H groups in total. The van der Waals surface area contributed by atoms with Crippen LogP contribution in [0.25, 0.3) is 0 Å². The molecule has 0 radical (unpaired) electrons. The van der Waals surface area contributed by atoms with Gasteiger partial charge in [0.05, 0.1) is 5.92 Å². The Morgan fingerprint density at radius 2 is 1.68 bits per heavy atom. The molecule has 5 nitrogen and oxygen atoms in total. The number of rotatable bonds is 2. The molecule has 0 spiro atoms. The summed E-state index contributed by atoms with van der Waals surface area (Å²) < 4.78 is 5.80. The van der Waals surface area contributed by atoms with Crippen LogP contribution in [-0.4, -0.2) is 54.1 Å². The normalized spacial score (nSPS) is 27.2. The van der Waals surface area contributed by atoms with Crippen molar-refractivity contribution in [3.63, 3.8) is 0 Å². The molecule has 5 heteroatoms. The number of nitrogens with zero attached hydrogens (tertiary/aromatic N) is 2. The Morgan fingerprint density at radius 1 is 1.08 bits per heavy atom. The molecule has 0 bridgehead atoms. The summed E-state index contributed by atoms with van der Waals surface area (Å²) in [6.45, 7) is 9.66. The van der Waals surface area contributed by atoms with Crippen molar-refractivity contribution in [2.24, 2.45) is 11.3 Å². The highest BCUT2D eigenvalue weighted by Crippen LogP contribution is 2.36. The van der Waals surface area contributed by atoms with Gasteiger partial charge < -0.3 is 14.5 Å². The predicted octanol–water partition coefficient (Wildman–Crippen LogP) is 3.59. The van der Waals surface area contributed by atoms with Gasteiger partial charge in [-0.05, 0) is 56.9 Å². The first-order valence-corrected chi connectivity index (χ1v) is 9.76. The van der Waals surface area contributed by atoms with Gasteiger partial charge in [0, 0.05) is 26.2 Å². The number of carbonyl (C=O) groups is 2. The molecule has 2 heterocycles. The van der Waals surface area contributed by atoms with Crippen molar-refractivity contribution < 1.29 is 14.3 Å². The molecule has 0 aromatic carbocycles. The van der Waals surface area contributed by atoms with Crippen LogP contribution in [0.2, 0.25) is 0 Å². The van der Waals surface area contributed by atoms with Crippen LogP contribution in [0.1, 0.15) is 59.3 Å². The molecule has 2 saturated heterocycles. The Hall–Kier alpha value is -1.52. The van der Waals surface area contributed by atoms with E-state index in [1.807, 2.05) is 9.80 Å². The van der Waals surface area contributed by atoms with Crippen LogP contribution in [0.4, 0.5) is 4.79 Å². The lowest BCUT2D eigenvalue weighted by Crippen LogP contribution is -2.47. The van der Waals surface area contributed by atoms with Gasteiger partial charge in [0.15, 0.2) is 0 Å². The van der Waals surface area contributed by atoms with Gasteiger partial charge in [0.2, 0.25) is 0 Å². The molecule has 3 aliphatic rings. The maximum absolute atomic E-state index is 12.6. The first-order chi connectivity index (χ1) is 11.8. The zero-order valence-electron chi connectivity index (χ0n) is 15.9. The van der Waals surface area contributed by atoms with Crippen LogP contribution in [0.15, 0.2) is 11.6 Å². The minimum Gasteiger partial charge on any atom is -0.458 e. The number of hydrogen-bond donors (Lipinski definition) is 0. The second-order valence-corrected chi connectivity index (χ2v) is 8.77. The van der Waals surface area contributed by atoms with Crippen molar-refractivity contribution >= 4 is 12.0 Å². The number of hydrogen-bond acceptors (Lipinski definition) is 3. The van der Waals surface area contributed by atoms with E-state index in [0.29, 0.717) is 13.1 Å². The zero-order valence-corrected chi connectivity index (χ0v) is 15.9. The predicted molar refractivity (Wildman–Crippen MR) is 97.2 cm³/mol. The molecule has 0 aromatic heterocycles. The summed E-state index contributed by atoms with van der Waals surface area (Å²) in [5.41, 5.74) is 1.50. The third kappa shape index (κ3) is 4.56. The average Bonchev–Trinajstić information content (AvgIpc) is 3.06. The molecule has 25 heavy (non-hydrogen) atoms. The molecule has 0 saturated carbocycles. The van der Waals surface area contributed by atoms with Crippen LogP contribution in [-0.2, 0) is 9.53 Å². The van der Waals surface area contributed by atoms with E-state index in [0.717, 1.165) is 51.6 Å². The van der Waals surface area contributed by atoms with Crippen LogP contribution in [0.5, 0.6) is 0 Å². The molecule has 1 atom stereocenters. The molecule has 140 valence electrons. The molecule has 2 aliphatic heterocycles. The van der Waals surface area contributed by atoms with Gasteiger partial charge in [-0.25, -0.2) is 4.79 Å². The molecular formula is C20H32N2O3. The van der Waals surface area contributed by atoms with Crippen molar-refractivity contribution in [2.45, 2.75) is 65.4 Å². The van der Waals surface area contributed by atoms with E-state index in [9.17, 15) is 9.59 Å². The summed E-state index contributed by atoms with van der Waals surface area (Å²) in [7, 11) is 0. The van der Waals surface area contributed by atoms with E-state index in [4.69, 9.17) is 4.74 Å². The smallest absolute Gasteiger partial charge is 0.319 e. The molecule has 3 rings (SSSR count). The highest BCUT2D eigenvalue weighted by atomic mass is 16.5. The maximum atomic E-state index is 12.6. The Labute approximate surface area is 151 Å². The fourth-order valence-electron chi connectivity index (χ4n) is 4.54. The SMILES string of the molecule is CC1=C[C@@H](OC(=O)C2CCN(C(=O)N3CCCC3)CC2)CC(C)(C)C1. The van der Waals surface area contributed by atoms with Gasteiger partial charge in [-0.15, -0.1) is 0 Å². The van der Waals surface area contributed by atoms with E-state index in [-0.39, 0.29) is 29.4 Å². The third-order valence-corrected chi connectivity index (χ3v) is 5.72. The van der Waals surface area contributed by atoms with Crippen molar-refractivity contribution in [1.29, 1.82) is 0 Å². The zero-order chi connectivity index (χ0) is 18.0. The van der Waals surface area contributed by atoms with Gasteiger partial charge in [0.1, 0.15) is 6.10 Å². The fourth-order valence-corrected chi connectivity index (χ4v) is 4.54. The number of urea groups is 1. The fraction of sp³-hybridized carbons (Fsp3) is 0.800. The number of carbonyl (C=O) groups excluding carboxylic acids is 2. The Bertz CT molecular complexity index is 541. The van der Waals surface area contributed by atoms with Crippen LogP contribution in [0, 0.1) is 11.3 Å². The van der Waals surface area contributed by atoms with E-state index in [1.54, 1.807) is 0 Å². The van der Waals surface area contributed by atoms with E-state index in [1.165, 1.54) is 5.57 Å². The molecule has 0 aromatic rings. The van der Waals surface area contributed by atoms with Gasteiger partial charge in [-0.3, -0.25) is 4.79 Å². The van der Waals surface area contributed by atoms with Gasteiger partial charge in [-0.2, -0.15) is 0 Å². The topological polar surface area (TPSA) is 49.9 Å². The second-order valence-electron chi connectivity index (χ2n) is 8.77. The van der Waals surface area contributed by atoms with Gasteiger partial charge in [0.25, 0.3) is 0 Å². The summed E-state index contributed by atoms with van der Waals surface area (Å²) >= 11 is 0. The van der Waals surface area contributed by atoms with Gasteiger partial charge >= 0.3 is 12.0 Å². The lowest BCUT2D eigenvalue weighted by molar-refractivity contribution is -0.154. The first-order valence-electron chi connectivity index (χ1n) is 9.76. The van der Waals surface area contributed by atoms with Crippen molar-refractivity contribution in [3.05, 3.63) is 11.6 Å². The van der Waals surface area contributed by atoms with E-state index in [2.05, 4.69) is 26.8 Å². The molecule has 1 aliphatic carbocycles. The number of ether oxygens (including phenoxy) is 1. The lowest BCUT2D eigenvalue weighted by atomic mass is 9.76.